The zero-order chi connectivity index (χ0) is 23.7. The Morgan fingerprint density at radius 2 is 1.45 bits per heavy atom. The summed E-state index contributed by atoms with van der Waals surface area (Å²) < 4.78 is 10.8. The number of amides is 2. The monoisotopic (exact) mass is 449 g/mol. The number of benzene rings is 2. The van der Waals surface area contributed by atoms with Crippen molar-refractivity contribution in [1.29, 1.82) is 0 Å². The molecule has 0 aromatic heterocycles. The van der Waals surface area contributed by atoms with E-state index in [0.717, 1.165) is 18.7 Å². The number of nitrogens with zero attached hydrogens (tertiary/aromatic N) is 3. The number of imide groups is 1. The summed E-state index contributed by atoms with van der Waals surface area (Å²) in [6.07, 6.45) is 0. The van der Waals surface area contributed by atoms with Crippen molar-refractivity contribution in [3.63, 3.8) is 0 Å². The molecule has 7 heteroatoms. The molecule has 33 heavy (non-hydrogen) atoms. The molecule has 0 aliphatic carbocycles. The molecular formula is C26H31N3O4. The molecule has 2 aromatic rings. The molecule has 0 saturated carbocycles. The highest BCUT2D eigenvalue weighted by atomic mass is 16.5. The van der Waals surface area contributed by atoms with Crippen LogP contribution in [0.4, 0.5) is 5.69 Å². The van der Waals surface area contributed by atoms with E-state index >= 15 is 0 Å². The number of likely N-dealkylation sites (N-methyl/N-ethyl adjacent to an activating group) is 1. The highest BCUT2D eigenvalue weighted by Gasteiger charge is 2.43. The third kappa shape index (κ3) is 4.20. The fraction of sp³-hybridized carbons (Fsp3) is 0.385. The van der Waals surface area contributed by atoms with E-state index in [1.807, 2.05) is 35.2 Å². The van der Waals surface area contributed by atoms with Crippen LogP contribution in [0.25, 0.3) is 5.57 Å². The summed E-state index contributed by atoms with van der Waals surface area (Å²) in [7, 11) is 5.19. The van der Waals surface area contributed by atoms with Crippen LogP contribution in [0.5, 0.6) is 11.5 Å². The third-order valence-corrected chi connectivity index (χ3v) is 6.37. The van der Waals surface area contributed by atoms with Gasteiger partial charge in [0.25, 0.3) is 11.8 Å². The second-order valence-electron chi connectivity index (χ2n) is 8.78. The smallest absolute Gasteiger partial charge is 0.282 e. The van der Waals surface area contributed by atoms with E-state index in [1.165, 1.54) is 4.90 Å². The van der Waals surface area contributed by atoms with Crippen molar-refractivity contribution in [2.24, 2.45) is 0 Å². The van der Waals surface area contributed by atoms with Crippen LogP contribution in [0.15, 0.2) is 48.2 Å². The zero-order valence-electron chi connectivity index (χ0n) is 19.9. The summed E-state index contributed by atoms with van der Waals surface area (Å²) in [6, 6.07) is 13.0. The first-order valence-electron chi connectivity index (χ1n) is 11.2. The normalized spacial score (nSPS) is 17.4. The lowest BCUT2D eigenvalue weighted by Gasteiger charge is -2.34. The standard InChI is InChI=1S/C26H31N3O4/c1-17(2)18-6-9-20(10-7-18)29-25(30)23(19-8-11-21(32-4)22(16-19)33-5)24(26(29)31)28-14-12-27(3)13-15-28/h6-11,16-17H,12-15H2,1-5H3. The van der Waals surface area contributed by atoms with E-state index in [9.17, 15) is 9.59 Å². The highest BCUT2D eigenvalue weighted by Crippen LogP contribution is 2.38. The number of ether oxygens (including phenoxy) is 2. The second-order valence-corrected chi connectivity index (χ2v) is 8.78. The topological polar surface area (TPSA) is 62.3 Å². The molecule has 0 unspecified atom stereocenters. The minimum Gasteiger partial charge on any atom is -0.493 e. The molecule has 174 valence electrons. The molecule has 4 rings (SSSR count). The van der Waals surface area contributed by atoms with Crippen molar-refractivity contribution < 1.29 is 19.1 Å². The average molecular weight is 450 g/mol. The van der Waals surface area contributed by atoms with Crippen LogP contribution in [0.1, 0.15) is 30.9 Å². The molecule has 0 N–H and O–H groups in total. The lowest BCUT2D eigenvalue weighted by molar-refractivity contribution is -0.120. The molecule has 0 spiro atoms. The van der Waals surface area contributed by atoms with Gasteiger partial charge in [-0.3, -0.25) is 9.59 Å². The van der Waals surface area contributed by atoms with E-state index in [-0.39, 0.29) is 11.8 Å². The van der Waals surface area contributed by atoms with Crippen LogP contribution in [0.2, 0.25) is 0 Å². The predicted molar refractivity (Wildman–Crippen MR) is 129 cm³/mol. The Kier molecular flexibility index (Phi) is 6.42. The minimum atomic E-state index is -0.321. The quantitative estimate of drug-likeness (QED) is 0.631. The Bertz CT molecular complexity index is 1080. The zero-order valence-corrected chi connectivity index (χ0v) is 19.9. The largest absolute Gasteiger partial charge is 0.493 e. The SMILES string of the molecule is COc1ccc(C2=C(N3CCN(C)CC3)C(=O)N(c3ccc(C(C)C)cc3)C2=O)cc1OC. The fourth-order valence-electron chi connectivity index (χ4n) is 4.34. The van der Waals surface area contributed by atoms with Gasteiger partial charge in [0, 0.05) is 26.2 Å². The van der Waals surface area contributed by atoms with Crippen LogP contribution >= 0.6 is 0 Å². The van der Waals surface area contributed by atoms with Gasteiger partial charge < -0.3 is 19.3 Å². The van der Waals surface area contributed by atoms with Gasteiger partial charge >= 0.3 is 0 Å². The van der Waals surface area contributed by atoms with Gasteiger partial charge in [-0.1, -0.05) is 32.0 Å². The number of hydrogen-bond donors (Lipinski definition) is 0. The van der Waals surface area contributed by atoms with Crippen molar-refractivity contribution in [3.05, 3.63) is 59.3 Å². The molecule has 2 heterocycles. The number of methoxy groups -OCH3 is 2. The summed E-state index contributed by atoms with van der Waals surface area (Å²) in [5.41, 5.74) is 3.23. The Morgan fingerprint density at radius 3 is 2.03 bits per heavy atom. The van der Waals surface area contributed by atoms with E-state index in [1.54, 1.807) is 26.4 Å². The summed E-state index contributed by atoms with van der Waals surface area (Å²) >= 11 is 0. The number of hydrogen-bond acceptors (Lipinski definition) is 6. The molecular weight excluding hydrogens is 418 g/mol. The average Bonchev–Trinajstić information content (AvgIpc) is 3.09. The summed E-state index contributed by atoms with van der Waals surface area (Å²) in [6.45, 7) is 7.25. The van der Waals surface area contributed by atoms with Gasteiger partial charge in [-0.15, -0.1) is 0 Å². The van der Waals surface area contributed by atoms with E-state index < -0.39 is 0 Å². The maximum atomic E-state index is 13.7. The Labute approximate surface area is 195 Å². The minimum absolute atomic E-state index is 0.286. The highest BCUT2D eigenvalue weighted by molar-refractivity contribution is 6.45. The van der Waals surface area contributed by atoms with Crippen LogP contribution < -0.4 is 14.4 Å². The van der Waals surface area contributed by atoms with Crippen molar-refractivity contribution in [2.75, 3.05) is 52.3 Å². The van der Waals surface area contributed by atoms with Gasteiger partial charge in [0.1, 0.15) is 5.70 Å². The van der Waals surface area contributed by atoms with Gasteiger partial charge in [-0.05, 0) is 48.4 Å². The molecule has 2 aromatic carbocycles. The van der Waals surface area contributed by atoms with Crippen molar-refractivity contribution >= 4 is 23.1 Å². The number of carbonyl (C=O) groups excluding carboxylic acids is 2. The van der Waals surface area contributed by atoms with E-state index in [0.29, 0.717) is 53.0 Å². The summed E-state index contributed by atoms with van der Waals surface area (Å²) in [5.74, 6) is 0.844. The lowest BCUT2D eigenvalue weighted by atomic mass is 10.0. The molecule has 0 bridgehead atoms. The summed E-state index contributed by atoms with van der Waals surface area (Å²) in [4.78, 5) is 33.0. The predicted octanol–water partition coefficient (Wildman–Crippen LogP) is 3.36. The van der Waals surface area contributed by atoms with Gasteiger partial charge in [0.05, 0.1) is 25.5 Å². The van der Waals surface area contributed by atoms with Crippen LogP contribution in [0, 0.1) is 0 Å². The van der Waals surface area contributed by atoms with E-state index in [2.05, 4.69) is 25.8 Å². The molecule has 0 radical (unpaired) electrons. The molecule has 0 atom stereocenters. The van der Waals surface area contributed by atoms with Crippen LogP contribution in [-0.4, -0.2) is 69.1 Å². The first-order valence-corrected chi connectivity index (χ1v) is 11.2. The van der Waals surface area contributed by atoms with Gasteiger partial charge in [-0.25, -0.2) is 4.90 Å². The van der Waals surface area contributed by atoms with E-state index in [4.69, 9.17) is 9.47 Å². The van der Waals surface area contributed by atoms with Gasteiger partial charge in [0.2, 0.25) is 0 Å². The van der Waals surface area contributed by atoms with Crippen molar-refractivity contribution in [1.82, 2.24) is 9.80 Å². The first-order chi connectivity index (χ1) is 15.8. The van der Waals surface area contributed by atoms with Crippen LogP contribution in [-0.2, 0) is 9.59 Å². The maximum Gasteiger partial charge on any atom is 0.282 e. The Hall–Kier alpha value is -3.32. The van der Waals surface area contributed by atoms with Crippen LogP contribution in [0.3, 0.4) is 0 Å². The van der Waals surface area contributed by atoms with Crippen molar-refractivity contribution in [2.45, 2.75) is 19.8 Å². The first kappa shape index (κ1) is 22.9. The number of anilines is 1. The number of rotatable bonds is 6. The number of piperazine rings is 1. The molecule has 2 aliphatic rings. The van der Waals surface area contributed by atoms with Gasteiger partial charge in [-0.2, -0.15) is 0 Å². The van der Waals surface area contributed by atoms with Crippen molar-refractivity contribution in [3.8, 4) is 11.5 Å². The molecule has 2 amide bonds. The molecule has 7 nitrogen and oxygen atoms in total. The molecule has 2 aliphatic heterocycles. The Morgan fingerprint density at radius 1 is 0.818 bits per heavy atom. The Balaban J connectivity index is 1.80. The molecule has 1 saturated heterocycles. The van der Waals surface area contributed by atoms with Gasteiger partial charge in [0.15, 0.2) is 11.5 Å². The fourth-order valence-corrected chi connectivity index (χ4v) is 4.34. The third-order valence-electron chi connectivity index (χ3n) is 6.37. The molecule has 1 fully saturated rings. The maximum absolute atomic E-state index is 13.7. The summed E-state index contributed by atoms with van der Waals surface area (Å²) in [5, 5.41) is 0. The second kappa shape index (κ2) is 9.27. The lowest BCUT2D eigenvalue weighted by Crippen LogP contribution is -2.46. The number of carbonyl (C=O) groups is 2.